The van der Waals surface area contributed by atoms with Crippen molar-refractivity contribution in [2.24, 2.45) is 22.1 Å². The van der Waals surface area contributed by atoms with E-state index in [1.165, 1.54) is 32.1 Å². The van der Waals surface area contributed by atoms with Gasteiger partial charge in [-0.3, -0.25) is 10.2 Å². The fourth-order valence-electron chi connectivity index (χ4n) is 2.71. The molecule has 4 N–H and O–H groups in total. The van der Waals surface area contributed by atoms with E-state index in [-0.39, 0.29) is 5.96 Å². The van der Waals surface area contributed by atoms with Gasteiger partial charge < -0.3 is 5.73 Å². The van der Waals surface area contributed by atoms with Crippen molar-refractivity contribution in [3.63, 3.8) is 0 Å². The summed E-state index contributed by atoms with van der Waals surface area (Å²) in [5, 5.41) is 8.57. The van der Waals surface area contributed by atoms with E-state index in [0.29, 0.717) is 11.3 Å². The number of hydrogen-bond acceptors (Lipinski definition) is 2. The zero-order valence-corrected chi connectivity index (χ0v) is 9.79. The Morgan fingerprint density at radius 3 is 2.53 bits per heavy atom. The molecular formula is C11H23N3O. The van der Waals surface area contributed by atoms with Gasteiger partial charge in [-0.15, -0.1) is 0 Å². The third-order valence-electron chi connectivity index (χ3n) is 3.20. The van der Waals surface area contributed by atoms with E-state index >= 15 is 0 Å². The number of aliphatic imine (C=N–C) groups is 1. The maximum Gasteiger partial charge on any atom is 0.212 e. The number of rotatable bonds is 4. The van der Waals surface area contributed by atoms with Crippen LogP contribution in [0.4, 0.5) is 0 Å². The molecule has 1 saturated carbocycles. The summed E-state index contributed by atoms with van der Waals surface area (Å²) in [7, 11) is 0. The lowest BCUT2D eigenvalue weighted by atomic mass is 9.78. The number of guanidine groups is 1. The van der Waals surface area contributed by atoms with Crippen molar-refractivity contribution in [2.45, 2.75) is 46.0 Å². The highest BCUT2D eigenvalue weighted by atomic mass is 16.5. The van der Waals surface area contributed by atoms with Gasteiger partial charge in [0.2, 0.25) is 5.96 Å². The van der Waals surface area contributed by atoms with Crippen LogP contribution in [0.2, 0.25) is 0 Å². The normalized spacial score (nSPS) is 20.9. The Morgan fingerprint density at radius 2 is 2.07 bits per heavy atom. The molecule has 15 heavy (non-hydrogen) atoms. The van der Waals surface area contributed by atoms with Gasteiger partial charge in [-0.05, 0) is 30.6 Å². The Bertz CT molecular complexity index is 220. The first-order chi connectivity index (χ1) is 7.08. The molecule has 0 amide bonds. The average Bonchev–Trinajstić information content (AvgIpc) is 2.62. The minimum absolute atomic E-state index is 0.130. The van der Waals surface area contributed by atoms with Crippen molar-refractivity contribution < 1.29 is 5.21 Å². The van der Waals surface area contributed by atoms with Crippen LogP contribution in [-0.2, 0) is 0 Å². The van der Waals surface area contributed by atoms with E-state index < -0.39 is 0 Å². The molecule has 0 saturated heterocycles. The molecule has 1 aliphatic rings. The van der Waals surface area contributed by atoms with E-state index in [1.807, 2.05) is 5.48 Å². The van der Waals surface area contributed by atoms with Gasteiger partial charge in [-0.2, -0.15) is 0 Å². The molecule has 0 aromatic rings. The lowest BCUT2D eigenvalue weighted by Gasteiger charge is -2.29. The summed E-state index contributed by atoms with van der Waals surface area (Å²) in [5.41, 5.74) is 7.65. The summed E-state index contributed by atoms with van der Waals surface area (Å²) in [6, 6.07) is 0. The fraction of sp³-hybridized carbons (Fsp3) is 0.909. The summed E-state index contributed by atoms with van der Waals surface area (Å²) >= 11 is 0. The Hall–Kier alpha value is -0.770. The predicted octanol–water partition coefficient (Wildman–Crippen LogP) is 1.89. The molecule has 0 unspecified atom stereocenters. The summed E-state index contributed by atoms with van der Waals surface area (Å²) < 4.78 is 0. The number of nitrogens with zero attached hydrogens (tertiary/aromatic N) is 1. The van der Waals surface area contributed by atoms with Crippen LogP contribution in [0.15, 0.2) is 4.99 Å². The lowest BCUT2D eigenvalue weighted by molar-refractivity contribution is 0.226. The van der Waals surface area contributed by atoms with Crippen LogP contribution in [0, 0.1) is 11.3 Å². The largest absolute Gasteiger partial charge is 0.368 e. The molecule has 0 atom stereocenters. The SMILES string of the molecule is CC(C)CC1(CN=C(N)NO)CCCC1. The smallest absolute Gasteiger partial charge is 0.212 e. The first-order valence-corrected chi connectivity index (χ1v) is 5.78. The molecule has 4 heteroatoms. The number of hydroxylamine groups is 1. The van der Waals surface area contributed by atoms with Crippen LogP contribution in [-0.4, -0.2) is 17.7 Å². The second-order valence-corrected chi connectivity index (χ2v) is 5.12. The quantitative estimate of drug-likeness (QED) is 0.379. The standard InChI is InChI=1S/C11H23N3O/c1-9(2)7-11(5-3-4-6-11)8-13-10(12)14-15/h9,15H,3-8H2,1-2H3,(H3,12,13,14). The molecule has 0 aliphatic heterocycles. The van der Waals surface area contributed by atoms with Gasteiger partial charge in [0.15, 0.2) is 0 Å². The van der Waals surface area contributed by atoms with E-state index in [9.17, 15) is 0 Å². The number of nitrogens with one attached hydrogen (secondary N) is 1. The van der Waals surface area contributed by atoms with Gasteiger partial charge >= 0.3 is 0 Å². The number of hydrogen-bond donors (Lipinski definition) is 3. The topological polar surface area (TPSA) is 70.6 Å². The van der Waals surface area contributed by atoms with Gasteiger partial charge in [0.05, 0.1) is 0 Å². The molecule has 88 valence electrons. The lowest BCUT2D eigenvalue weighted by Crippen LogP contribution is -2.31. The van der Waals surface area contributed by atoms with Gasteiger partial charge in [0, 0.05) is 6.54 Å². The fourth-order valence-corrected chi connectivity index (χ4v) is 2.71. The number of nitrogens with two attached hydrogens (primary N) is 1. The highest BCUT2D eigenvalue weighted by molar-refractivity contribution is 5.76. The van der Waals surface area contributed by atoms with Crippen molar-refractivity contribution >= 4 is 5.96 Å². The Kier molecular flexibility index (Phi) is 4.39. The monoisotopic (exact) mass is 213 g/mol. The molecule has 0 bridgehead atoms. The van der Waals surface area contributed by atoms with Gasteiger partial charge in [-0.1, -0.05) is 26.7 Å². The van der Waals surface area contributed by atoms with E-state index in [0.717, 1.165) is 6.54 Å². The molecule has 1 fully saturated rings. The van der Waals surface area contributed by atoms with Crippen molar-refractivity contribution in [3.05, 3.63) is 0 Å². The van der Waals surface area contributed by atoms with Crippen molar-refractivity contribution in [2.75, 3.05) is 6.54 Å². The highest BCUT2D eigenvalue weighted by Gasteiger charge is 2.34. The third-order valence-corrected chi connectivity index (χ3v) is 3.20. The first-order valence-electron chi connectivity index (χ1n) is 5.78. The molecule has 0 spiro atoms. The van der Waals surface area contributed by atoms with Crippen molar-refractivity contribution in [1.29, 1.82) is 0 Å². The van der Waals surface area contributed by atoms with E-state index in [2.05, 4.69) is 18.8 Å². The minimum Gasteiger partial charge on any atom is -0.368 e. The molecule has 0 heterocycles. The van der Waals surface area contributed by atoms with Crippen LogP contribution in [0.3, 0.4) is 0 Å². The van der Waals surface area contributed by atoms with E-state index in [4.69, 9.17) is 10.9 Å². The zero-order valence-electron chi connectivity index (χ0n) is 9.79. The summed E-state index contributed by atoms with van der Waals surface area (Å²) in [6.45, 7) is 5.24. The predicted molar refractivity (Wildman–Crippen MR) is 61.8 cm³/mol. The van der Waals surface area contributed by atoms with Gasteiger partial charge in [0.1, 0.15) is 0 Å². The molecule has 0 aromatic heterocycles. The Morgan fingerprint density at radius 1 is 1.47 bits per heavy atom. The van der Waals surface area contributed by atoms with Crippen LogP contribution < -0.4 is 11.2 Å². The van der Waals surface area contributed by atoms with Gasteiger partial charge in [0.25, 0.3) is 0 Å². The maximum absolute atomic E-state index is 8.57. The highest BCUT2D eigenvalue weighted by Crippen LogP contribution is 2.43. The summed E-state index contributed by atoms with van der Waals surface area (Å²) in [6.07, 6.45) is 6.29. The Balaban J connectivity index is 2.57. The van der Waals surface area contributed by atoms with Crippen LogP contribution in [0.5, 0.6) is 0 Å². The second kappa shape index (κ2) is 5.35. The molecular weight excluding hydrogens is 190 g/mol. The van der Waals surface area contributed by atoms with Crippen molar-refractivity contribution in [3.8, 4) is 0 Å². The van der Waals surface area contributed by atoms with Gasteiger partial charge in [-0.25, -0.2) is 5.48 Å². The first kappa shape index (κ1) is 12.3. The summed E-state index contributed by atoms with van der Waals surface area (Å²) in [5.74, 6) is 0.826. The third kappa shape index (κ3) is 3.70. The van der Waals surface area contributed by atoms with Crippen LogP contribution in [0.1, 0.15) is 46.0 Å². The second-order valence-electron chi connectivity index (χ2n) is 5.12. The molecule has 0 aromatic carbocycles. The average molecular weight is 213 g/mol. The van der Waals surface area contributed by atoms with Crippen LogP contribution in [0.25, 0.3) is 0 Å². The molecule has 0 radical (unpaired) electrons. The zero-order chi connectivity index (χ0) is 11.3. The van der Waals surface area contributed by atoms with E-state index in [1.54, 1.807) is 0 Å². The molecule has 1 rings (SSSR count). The van der Waals surface area contributed by atoms with Crippen LogP contribution >= 0.6 is 0 Å². The Labute approximate surface area is 91.9 Å². The summed E-state index contributed by atoms with van der Waals surface area (Å²) in [4.78, 5) is 4.18. The van der Waals surface area contributed by atoms with Crippen molar-refractivity contribution in [1.82, 2.24) is 5.48 Å². The molecule has 4 nitrogen and oxygen atoms in total. The molecule has 1 aliphatic carbocycles. The minimum atomic E-state index is 0.130. The maximum atomic E-state index is 8.57.